The van der Waals surface area contributed by atoms with Gasteiger partial charge in [0.1, 0.15) is 0 Å². The fraction of sp³-hybridized carbons (Fsp3) is 0.682. The third kappa shape index (κ3) is 6.46. The second-order valence-corrected chi connectivity index (χ2v) is 7.98. The van der Waals surface area contributed by atoms with Crippen LogP contribution in [0.15, 0.2) is 21.7 Å². The van der Waals surface area contributed by atoms with E-state index in [1.54, 1.807) is 6.07 Å². The molecule has 2 N–H and O–H groups in total. The van der Waals surface area contributed by atoms with Crippen LogP contribution in [-0.4, -0.2) is 86.6 Å². The van der Waals surface area contributed by atoms with Crippen LogP contribution in [0.25, 0.3) is 0 Å². The number of aliphatic imine (C=N–C) groups is 1. The standard InChI is InChI=1S/C22H35N5O4/c1-3-23-22(25-9-4-8-24-20(28)19-17(2)7-14-31-19)27-10-5-18(6-11-27)21(29)26-12-15-30-16-13-26/h7,14,18H,3-6,8-13,15-16H2,1-2H3,(H,23,25)(H,24,28). The van der Waals surface area contributed by atoms with Gasteiger partial charge in [0.2, 0.25) is 5.91 Å². The van der Waals surface area contributed by atoms with E-state index in [2.05, 4.69) is 22.5 Å². The topological polar surface area (TPSA) is 99.4 Å². The van der Waals surface area contributed by atoms with Crippen molar-refractivity contribution in [1.82, 2.24) is 20.4 Å². The Kier molecular flexibility index (Phi) is 8.75. The van der Waals surface area contributed by atoms with Crippen molar-refractivity contribution in [1.29, 1.82) is 0 Å². The molecule has 31 heavy (non-hydrogen) atoms. The summed E-state index contributed by atoms with van der Waals surface area (Å²) in [4.78, 5) is 33.7. The van der Waals surface area contributed by atoms with E-state index in [-0.39, 0.29) is 17.7 Å². The maximum atomic E-state index is 12.7. The maximum Gasteiger partial charge on any atom is 0.287 e. The molecule has 2 saturated heterocycles. The zero-order chi connectivity index (χ0) is 22.1. The minimum Gasteiger partial charge on any atom is -0.459 e. The van der Waals surface area contributed by atoms with E-state index in [0.717, 1.165) is 50.4 Å². The Morgan fingerprint density at radius 2 is 1.87 bits per heavy atom. The Labute approximate surface area is 184 Å². The monoisotopic (exact) mass is 433 g/mol. The Balaban J connectivity index is 1.41. The fourth-order valence-corrected chi connectivity index (χ4v) is 3.96. The lowest BCUT2D eigenvalue weighted by Gasteiger charge is -2.36. The lowest BCUT2D eigenvalue weighted by Crippen LogP contribution is -2.50. The zero-order valence-corrected chi connectivity index (χ0v) is 18.7. The Hall–Kier alpha value is -2.55. The van der Waals surface area contributed by atoms with E-state index >= 15 is 0 Å². The number of likely N-dealkylation sites (tertiary alicyclic amines) is 1. The first kappa shape index (κ1) is 23.1. The van der Waals surface area contributed by atoms with Gasteiger partial charge in [0.05, 0.1) is 19.5 Å². The lowest BCUT2D eigenvalue weighted by molar-refractivity contribution is -0.140. The molecule has 0 aliphatic carbocycles. The average Bonchev–Trinajstić information content (AvgIpc) is 3.24. The summed E-state index contributed by atoms with van der Waals surface area (Å²) in [6, 6.07) is 1.78. The normalized spacial score (nSPS) is 18.2. The van der Waals surface area contributed by atoms with Crippen LogP contribution in [0.4, 0.5) is 0 Å². The van der Waals surface area contributed by atoms with Crippen molar-refractivity contribution in [2.75, 3.05) is 59.0 Å². The van der Waals surface area contributed by atoms with Gasteiger partial charge in [-0.15, -0.1) is 0 Å². The summed E-state index contributed by atoms with van der Waals surface area (Å²) < 4.78 is 10.6. The molecule has 0 spiro atoms. The molecule has 0 bridgehead atoms. The smallest absolute Gasteiger partial charge is 0.287 e. The van der Waals surface area contributed by atoms with Crippen LogP contribution >= 0.6 is 0 Å². The highest BCUT2D eigenvalue weighted by atomic mass is 16.5. The molecule has 172 valence electrons. The third-order valence-corrected chi connectivity index (χ3v) is 5.75. The van der Waals surface area contributed by atoms with Crippen molar-refractivity contribution in [3.63, 3.8) is 0 Å². The van der Waals surface area contributed by atoms with Gasteiger partial charge in [0.15, 0.2) is 11.7 Å². The highest BCUT2D eigenvalue weighted by Crippen LogP contribution is 2.20. The molecule has 0 radical (unpaired) electrons. The van der Waals surface area contributed by atoms with Crippen LogP contribution in [0.5, 0.6) is 0 Å². The number of hydrogen-bond acceptors (Lipinski definition) is 5. The number of morpholine rings is 1. The lowest BCUT2D eigenvalue weighted by atomic mass is 9.95. The molecule has 3 rings (SSSR count). The highest BCUT2D eigenvalue weighted by molar-refractivity contribution is 5.92. The Morgan fingerprint density at radius 1 is 1.13 bits per heavy atom. The Morgan fingerprint density at radius 3 is 2.52 bits per heavy atom. The molecule has 9 heteroatoms. The van der Waals surface area contributed by atoms with Gasteiger partial charge in [-0.3, -0.25) is 14.6 Å². The molecule has 1 aromatic heterocycles. The van der Waals surface area contributed by atoms with Crippen LogP contribution in [-0.2, 0) is 9.53 Å². The van der Waals surface area contributed by atoms with Gasteiger partial charge < -0.3 is 29.6 Å². The predicted molar refractivity (Wildman–Crippen MR) is 118 cm³/mol. The van der Waals surface area contributed by atoms with Crippen molar-refractivity contribution >= 4 is 17.8 Å². The molecule has 9 nitrogen and oxygen atoms in total. The van der Waals surface area contributed by atoms with E-state index in [1.165, 1.54) is 6.26 Å². The van der Waals surface area contributed by atoms with Gasteiger partial charge >= 0.3 is 0 Å². The number of nitrogens with one attached hydrogen (secondary N) is 2. The number of carbonyl (C=O) groups is 2. The zero-order valence-electron chi connectivity index (χ0n) is 18.7. The predicted octanol–water partition coefficient (Wildman–Crippen LogP) is 1.24. The molecule has 0 atom stereocenters. The average molecular weight is 434 g/mol. The fourth-order valence-electron chi connectivity index (χ4n) is 3.96. The molecule has 2 aliphatic rings. The molecular formula is C22H35N5O4. The number of carbonyl (C=O) groups excluding carboxylic acids is 2. The number of furan rings is 1. The number of hydrogen-bond donors (Lipinski definition) is 2. The van der Waals surface area contributed by atoms with Gasteiger partial charge in [-0.1, -0.05) is 0 Å². The molecule has 2 amide bonds. The van der Waals surface area contributed by atoms with E-state index in [4.69, 9.17) is 14.1 Å². The van der Waals surface area contributed by atoms with Gasteiger partial charge in [-0.25, -0.2) is 0 Å². The van der Waals surface area contributed by atoms with Crippen LogP contribution < -0.4 is 10.6 Å². The number of guanidine groups is 1. The van der Waals surface area contributed by atoms with Crippen molar-refractivity contribution in [3.05, 3.63) is 23.7 Å². The highest BCUT2D eigenvalue weighted by Gasteiger charge is 2.30. The van der Waals surface area contributed by atoms with Gasteiger partial charge in [0.25, 0.3) is 5.91 Å². The molecule has 1 aromatic rings. The molecule has 2 fully saturated rings. The second-order valence-electron chi connectivity index (χ2n) is 7.98. The van der Waals surface area contributed by atoms with Crippen LogP contribution in [0.1, 0.15) is 42.3 Å². The molecule has 2 aliphatic heterocycles. The summed E-state index contributed by atoms with van der Waals surface area (Å²) >= 11 is 0. The third-order valence-electron chi connectivity index (χ3n) is 5.75. The number of amides is 2. The van der Waals surface area contributed by atoms with Crippen molar-refractivity contribution in [2.24, 2.45) is 10.9 Å². The summed E-state index contributed by atoms with van der Waals surface area (Å²) in [7, 11) is 0. The minimum absolute atomic E-state index is 0.0949. The summed E-state index contributed by atoms with van der Waals surface area (Å²) in [5.41, 5.74) is 0.834. The first-order valence-corrected chi connectivity index (χ1v) is 11.3. The molecule has 0 aromatic carbocycles. The van der Waals surface area contributed by atoms with Crippen LogP contribution in [0.2, 0.25) is 0 Å². The summed E-state index contributed by atoms with van der Waals surface area (Å²) in [6.45, 7) is 10.2. The number of ether oxygens (including phenoxy) is 1. The van der Waals surface area contributed by atoms with E-state index < -0.39 is 0 Å². The van der Waals surface area contributed by atoms with E-state index in [9.17, 15) is 9.59 Å². The van der Waals surface area contributed by atoms with E-state index in [1.807, 2.05) is 11.8 Å². The summed E-state index contributed by atoms with van der Waals surface area (Å²) in [6.07, 6.45) is 3.96. The summed E-state index contributed by atoms with van der Waals surface area (Å²) in [5.74, 6) is 1.43. The van der Waals surface area contributed by atoms with Crippen molar-refractivity contribution in [2.45, 2.75) is 33.1 Å². The van der Waals surface area contributed by atoms with Crippen LogP contribution in [0.3, 0.4) is 0 Å². The largest absolute Gasteiger partial charge is 0.459 e. The minimum atomic E-state index is -0.189. The van der Waals surface area contributed by atoms with Gasteiger partial charge in [0, 0.05) is 57.3 Å². The number of piperidine rings is 1. The van der Waals surface area contributed by atoms with Crippen molar-refractivity contribution in [3.8, 4) is 0 Å². The molecule has 0 saturated carbocycles. The first-order valence-electron chi connectivity index (χ1n) is 11.3. The quantitative estimate of drug-likeness (QED) is 0.381. The maximum absolute atomic E-state index is 12.7. The molecular weight excluding hydrogens is 398 g/mol. The first-order chi connectivity index (χ1) is 15.1. The molecule has 3 heterocycles. The second kappa shape index (κ2) is 11.7. The summed E-state index contributed by atoms with van der Waals surface area (Å²) in [5, 5.41) is 6.22. The molecule has 0 unspecified atom stereocenters. The van der Waals surface area contributed by atoms with E-state index in [0.29, 0.717) is 45.2 Å². The van der Waals surface area contributed by atoms with Crippen molar-refractivity contribution < 1.29 is 18.7 Å². The number of aryl methyl sites for hydroxylation is 1. The van der Waals surface area contributed by atoms with Crippen LogP contribution in [0, 0.1) is 12.8 Å². The SMILES string of the molecule is CCNC(=NCCCNC(=O)c1occc1C)N1CCC(C(=O)N2CCOCC2)CC1. The van der Waals surface area contributed by atoms with Gasteiger partial charge in [-0.2, -0.15) is 0 Å². The number of rotatable bonds is 7. The van der Waals surface area contributed by atoms with Gasteiger partial charge in [-0.05, 0) is 39.2 Å². The Bertz CT molecular complexity index is 749. The number of nitrogens with zero attached hydrogens (tertiary/aromatic N) is 3.